The Morgan fingerprint density at radius 1 is 1.14 bits per heavy atom. The van der Waals surface area contributed by atoms with Crippen LogP contribution in [0.4, 0.5) is 14.9 Å². The van der Waals surface area contributed by atoms with Crippen molar-refractivity contribution in [3.63, 3.8) is 0 Å². The zero-order chi connectivity index (χ0) is 20.7. The molecule has 9 heteroatoms. The molecule has 0 fully saturated rings. The number of primary amides is 1. The van der Waals surface area contributed by atoms with Crippen LogP contribution in [0.25, 0.3) is 0 Å². The number of carbonyl (C=O) groups is 2. The van der Waals surface area contributed by atoms with Crippen LogP contribution in [0.15, 0.2) is 36.4 Å². The topological polar surface area (TPSA) is 112 Å². The van der Waals surface area contributed by atoms with Crippen molar-refractivity contribution in [3.8, 4) is 11.8 Å². The number of ether oxygens (including phenoxy) is 2. The minimum atomic E-state index is -0.941. The van der Waals surface area contributed by atoms with Crippen LogP contribution in [0.1, 0.15) is 27.0 Å². The molecule has 0 aliphatic rings. The number of rotatable bonds is 4. The second kappa shape index (κ2) is 9.25. The number of benzene rings is 2. The van der Waals surface area contributed by atoms with Gasteiger partial charge in [0, 0.05) is 11.1 Å². The number of quaternary nitrogens is 1. The molecule has 2 rings (SSSR count). The maximum absolute atomic E-state index is 13.6. The molecule has 8 nitrogen and oxygen atoms in total. The van der Waals surface area contributed by atoms with Gasteiger partial charge in [-0.25, -0.2) is 14.5 Å². The molecule has 0 unspecified atom stereocenters. The van der Waals surface area contributed by atoms with Gasteiger partial charge in [0.15, 0.2) is 0 Å². The van der Waals surface area contributed by atoms with Crippen LogP contribution in [0, 0.1) is 27.8 Å². The molecule has 0 saturated carbocycles. The Bertz CT molecular complexity index is 976. The SMILES string of the molecule is COC(=O)[NH2+]Cc1ccc(C#Cc2c(C(=O)OC)cc(F)cc2[N+](=O)[O-])cc1. The number of nitrogens with zero attached hydrogens (tertiary/aromatic N) is 1. The predicted octanol–water partition coefficient (Wildman–Crippen LogP) is 1.75. The Morgan fingerprint density at radius 2 is 1.82 bits per heavy atom. The van der Waals surface area contributed by atoms with Crippen molar-refractivity contribution in [2.45, 2.75) is 6.54 Å². The van der Waals surface area contributed by atoms with Crippen molar-refractivity contribution in [1.82, 2.24) is 0 Å². The molecule has 0 spiro atoms. The van der Waals surface area contributed by atoms with Gasteiger partial charge in [0.05, 0.1) is 30.8 Å². The second-order valence-electron chi connectivity index (χ2n) is 5.47. The lowest BCUT2D eigenvalue weighted by molar-refractivity contribution is -0.586. The molecule has 28 heavy (non-hydrogen) atoms. The maximum atomic E-state index is 13.6. The Labute approximate surface area is 159 Å². The molecule has 0 aromatic heterocycles. The van der Waals surface area contributed by atoms with Crippen LogP contribution in [-0.2, 0) is 16.0 Å². The summed E-state index contributed by atoms with van der Waals surface area (Å²) in [5.41, 5.74) is 0.153. The van der Waals surface area contributed by atoms with Gasteiger partial charge in [-0.15, -0.1) is 0 Å². The molecule has 1 amide bonds. The number of nitro benzene ring substituents is 1. The van der Waals surface area contributed by atoms with E-state index in [0.717, 1.165) is 18.7 Å². The summed E-state index contributed by atoms with van der Waals surface area (Å²) in [6.45, 7) is 0.371. The normalized spacial score (nSPS) is 9.82. The minimum Gasteiger partial charge on any atom is -0.465 e. The van der Waals surface area contributed by atoms with Gasteiger partial charge in [-0.3, -0.25) is 10.1 Å². The van der Waals surface area contributed by atoms with Crippen LogP contribution < -0.4 is 5.32 Å². The van der Waals surface area contributed by atoms with Crippen molar-refractivity contribution < 1.29 is 33.7 Å². The molecule has 0 saturated heterocycles. The molecule has 144 valence electrons. The summed E-state index contributed by atoms with van der Waals surface area (Å²) in [4.78, 5) is 33.4. The van der Waals surface area contributed by atoms with Gasteiger partial charge in [0.2, 0.25) is 0 Å². The predicted molar refractivity (Wildman–Crippen MR) is 94.9 cm³/mol. The highest BCUT2D eigenvalue weighted by Crippen LogP contribution is 2.24. The van der Waals surface area contributed by atoms with Crippen LogP contribution in [0.3, 0.4) is 0 Å². The average Bonchev–Trinajstić information content (AvgIpc) is 2.70. The molecular weight excluding hydrogens is 371 g/mol. The lowest BCUT2D eigenvalue weighted by Gasteiger charge is -2.04. The van der Waals surface area contributed by atoms with Gasteiger partial charge in [0.25, 0.3) is 5.69 Å². The Kier molecular flexibility index (Phi) is 6.79. The number of amides is 1. The second-order valence-corrected chi connectivity index (χ2v) is 5.47. The zero-order valence-electron chi connectivity index (χ0n) is 15.0. The summed E-state index contributed by atoms with van der Waals surface area (Å²) >= 11 is 0. The van der Waals surface area contributed by atoms with Crippen LogP contribution in [0.2, 0.25) is 0 Å². The number of hydrogen-bond acceptors (Lipinski definition) is 6. The molecule has 0 atom stereocenters. The molecule has 0 radical (unpaired) electrons. The molecule has 2 aromatic rings. The highest BCUT2D eigenvalue weighted by Gasteiger charge is 2.23. The fraction of sp³-hybridized carbons (Fsp3) is 0.158. The van der Waals surface area contributed by atoms with Crippen molar-refractivity contribution in [3.05, 3.63) is 74.6 Å². The molecular formula is C19H16FN2O6+. The standard InChI is InChI=1S/C19H15FN2O6/c1-27-18(23)16-9-14(20)10-17(22(25)26)15(16)8-7-12-3-5-13(6-4-12)11-21-19(24)28-2/h3-6,9-10H,11H2,1-2H3,(H,21,24)/p+1. The van der Waals surface area contributed by atoms with E-state index in [0.29, 0.717) is 18.2 Å². The molecule has 0 heterocycles. The summed E-state index contributed by atoms with van der Waals surface area (Å²) < 4.78 is 22.7. The van der Waals surface area contributed by atoms with Crippen molar-refractivity contribution in [1.29, 1.82) is 0 Å². The van der Waals surface area contributed by atoms with Gasteiger partial charge in [-0.2, -0.15) is 4.79 Å². The van der Waals surface area contributed by atoms with Gasteiger partial charge < -0.3 is 9.47 Å². The molecule has 0 aliphatic carbocycles. The summed E-state index contributed by atoms with van der Waals surface area (Å²) in [6.07, 6.45) is -0.442. The first-order valence-corrected chi connectivity index (χ1v) is 7.94. The van der Waals surface area contributed by atoms with Crippen LogP contribution >= 0.6 is 0 Å². The van der Waals surface area contributed by atoms with E-state index in [1.54, 1.807) is 24.3 Å². The lowest BCUT2D eigenvalue weighted by Crippen LogP contribution is -2.86. The number of methoxy groups -OCH3 is 2. The first-order valence-electron chi connectivity index (χ1n) is 7.94. The first-order chi connectivity index (χ1) is 13.3. The quantitative estimate of drug-likeness (QED) is 0.370. The highest BCUT2D eigenvalue weighted by molar-refractivity contribution is 5.94. The van der Waals surface area contributed by atoms with Gasteiger partial charge >= 0.3 is 12.1 Å². The number of nitro groups is 1. The third-order valence-corrected chi connectivity index (χ3v) is 3.68. The largest absolute Gasteiger partial charge is 0.512 e. The van der Waals surface area contributed by atoms with E-state index >= 15 is 0 Å². The summed E-state index contributed by atoms with van der Waals surface area (Å²) in [7, 11) is 2.37. The maximum Gasteiger partial charge on any atom is 0.512 e. The zero-order valence-corrected chi connectivity index (χ0v) is 15.0. The smallest absolute Gasteiger partial charge is 0.465 e. The van der Waals surface area contributed by atoms with Crippen molar-refractivity contribution in [2.24, 2.45) is 0 Å². The van der Waals surface area contributed by atoms with E-state index in [-0.39, 0.29) is 11.1 Å². The molecule has 0 aliphatic heterocycles. The van der Waals surface area contributed by atoms with Crippen LogP contribution in [-0.4, -0.2) is 31.2 Å². The lowest BCUT2D eigenvalue weighted by atomic mass is 10.0. The highest BCUT2D eigenvalue weighted by atomic mass is 19.1. The monoisotopic (exact) mass is 387 g/mol. The third-order valence-electron chi connectivity index (χ3n) is 3.68. The van der Waals surface area contributed by atoms with E-state index in [9.17, 15) is 24.1 Å². The van der Waals surface area contributed by atoms with E-state index in [1.165, 1.54) is 12.4 Å². The van der Waals surface area contributed by atoms with Crippen molar-refractivity contribution in [2.75, 3.05) is 14.2 Å². The van der Waals surface area contributed by atoms with Gasteiger partial charge in [-0.05, 0) is 18.2 Å². The number of hydrogen-bond donors (Lipinski definition) is 1. The Morgan fingerprint density at radius 3 is 2.39 bits per heavy atom. The fourth-order valence-corrected chi connectivity index (χ4v) is 2.28. The number of esters is 1. The van der Waals surface area contributed by atoms with E-state index in [2.05, 4.69) is 21.3 Å². The van der Waals surface area contributed by atoms with E-state index in [1.807, 2.05) is 0 Å². The minimum absolute atomic E-state index is 0.235. The first kappa shape index (κ1) is 20.5. The van der Waals surface area contributed by atoms with E-state index in [4.69, 9.17) is 0 Å². The molecule has 2 N–H and O–H groups in total. The van der Waals surface area contributed by atoms with Gasteiger partial charge in [0.1, 0.15) is 17.9 Å². The molecule has 2 aromatic carbocycles. The summed E-state index contributed by atoms with van der Waals surface area (Å²) in [5.74, 6) is 3.40. The Hall–Kier alpha value is -3.77. The van der Waals surface area contributed by atoms with Crippen LogP contribution in [0.5, 0.6) is 0 Å². The molecule has 0 bridgehead atoms. The third kappa shape index (κ3) is 5.12. The summed E-state index contributed by atoms with van der Waals surface area (Å²) in [5, 5.41) is 12.6. The summed E-state index contributed by atoms with van der Waals surface area (Å²) in [6, 6.07) is 8.30. The fourth-order valence-electron chi connectivity index (χ4n) is 2.28. The van der Waals surface area contributed by atoms with Crippen molar-refractivity contribution >= 4 is 17.7 Å². The average molecular weight is 387 g/mol. The number of halogens is 1. The Balaban J connectivity index is 2.36. The number of carbonyl (C=O) groups excluding carboxylic acids is 2. The van der Waals surface area contributed by atoms with Gasteiger partial charge in [-0.1, -0.05) is 24.0 Å². The number of nitrogens with two attached hydrogens (primary N) is 1. The van der Waals surface area contributed by atoms with E-state index < -0.39 is 28.5 Å².